The lowest BCUT2D eigenvalue weighted by Gasteiger charge is -2.36. The second-order valence-corrected chi connectivity index (χ2v) is 10.9. The number of carbonyl (C=O) groups is 1. The van der Waals surface area contributed by atoms with E-state index in [1.165, 1.54) is 6.07 Å². The lowest BCUT2D eigenvalue weighted by Crippen LogP contribution is -2.49. The maximum atomic E-state index is 14.0. The van der Waals surface area contributed by atoms with E-state index in [2.05, 4.69) is 0 Å². The molecule has 9 heteroatoms. The van der Waals surface area contributed by atoms with Crippen LogP contribution in [-0.2, 0) is 6.18 Å². The van der Waals surface area contributed by atoms with Gasteiger partial charge < -0.3 is 19.1 Å². The Morgan fingerprint density at radius 1 is 0.773 bits per heavy atom. The highest BCUT2D eigenvalue weighted by Crippen LogP contribution is 2.37. The van der Waals surface area contributed by atoms with Crippen LogP contribution in [0.1, 0.15) is 16.1 Å². The Bertz CT molecular complexity index is 1760. The van der Waals surface area contributed by atoms with Gasteiger partial charge in [0, 0.05) is 62.8 Å². The molecule has 5 aromatic rings. The highest BCUT2D eigenvalue weighted by molar-refractivity contribution is 5.99. The molecule has 224 valence electrons. The van der Waals surface area contributed by atoms with E-state index >= 15 is 0 Å². The van der Waals surface area contributed by atoms with Gasteiger partial charge in [0.1, 0.15) is 0 Å². The van der Waals surface area contributed by atoms with Gasteiger partial charge >= 0.3 is 6.18 Å². The van der Waals surface area contributed by atoms with Crippen molar-refractivity contribution in [2.24, 2.45) is 0 Å². The zero-order valence-electron chi connectivity index (χ0n) is 24.4. The molecule has 0 atom stereocenters. The van der Waals surface area contributed by atoms with Crippen molar-refractivity contribution >= 4 is 17.3 Å². The lowest BCUT2D eigenvalue weighted by atomic mass is 10.00. The topological polar surface area (TPSA) is 52.8 Å². The Kier molecular flexibility index (Phi) is 7.86. The molecule has 0 saturated carbocycles. The first-order valence-corrected chi connectivity index (χ1v) is 14.3. The van der Waals surface area contributed by atoms with Crippen LogP contribution in [0.2, 0.25) is 0 Å². The first-order chi connectivity index (χ1) is 21.2. The molecule has 1 amide bonds. The van der Waals surface area contributed by atoms with Gasteiger partial charge in [-0.1, -0.05) is 54.6 Å². The monoisotopic (exact) mass is 596 g/mol. The third-order valence-corrected chi connectivity index (χ3v) is 7.82. The molecule has 44 heavy (non-hydrogen) atoms. The van der Waals surface area contributed by atoms with Crippen LogP contribution in [0.4, 0.5) is 24.5 Å². The van der Waals surface area contributed by atoms with Crippen molar-refractivity contribution < 1.29 is 22.4 Å². The lowest BCUT2D eigenvalue weighted by molar-refractivity contribution is -0.137. The SMILES string of the molecule is CN(C)c1ccc(-c2oc(-c3ccccc3-c3ccccc3)nc2C(=O)N2CCN(c3cccc(C(F)(F)F)c3)CC2)cc1. The number of carbonyl (C=O) groups excluding carboxylic acids is 1. The second-order valence-electron chi connectivity index (χ2n) is 10.9. The number of amides is 1. The molecule has 0 radical (unpaired) electrons. The molecule has 1 fully saturated rings. The van der Waals surface area contributed by atoms with Gasteiger partial charge in [0.2, 0.25) is 5.89 Å². The molecule has 1 aromatic heterocycles. The maximum Gasteiger partial charge on any atom is 0.416 e. The van der Waals surface area contributed by atoms with E-state index in [1.54, 1.807) is 11.0 Å². The molecule has 6 rings (SSSR count). The molecule has 0 N–H and O–H groups in total. The van der Waals surface area contributed by atoms with Crippen molar-refractivity contribution in [3.05, 3.63) is 114 Å². The standard InChI is InChI=1S/C35H31F3N4O2/c1-40(2)27-17-15-25(16-18-27)32-31(39-33(44-32)30-14-7-6-13-29(30)24-9-4-3-5-10-24)34(43)42-21-19-41(20-22-42)28-12-8-11-26(23-28)35(36,37)38/h3-18,23H,19-22H2,1-2H3. The van der Waals surface area contributed by atoms with Crippen molar-refractivity contribution in [3.8, 4) is 33.9 Å². The van der Waals surface area contributed by atoms with Crippen LogP contribution >= 0.6 is 0 Å². The third-order valence-electron chi connectivity index (χ3n) is 7.82. The minimum Gasteiger partial charge on any atom is -0.435 e. The van der Waals surface area contributed by atoms with Gasteiger partial charge in [0.05, 0.1) is 5.56 Å². The predicted molar refractivity (Wildman–Crippen MR) is 167 cm³/mol. The Morgan fingerprint density at radius 2 is 1.43 bits per heavy atom. The summed E-state index contributed by atoms with van der Waals surface area (Å²) < 4.78 is 46.3. The number of hydrogen-bond donors (Lipinski definition) is 0. The average molecular weight is 597 g/mol. The van der Waals surface area contributed by atoms with Crippen molar-refractivity contribution in [3.63, 3.8) is 0 Å². The van der Waals surface area contributed by atoms with E-state index < -0.39 is 11.7 Å². The fourth-order valence-corrected chi connectivity index (χ4v) is 5.42. The van der Waals surface area contributed by atoms with E-state index in [9.17, 15) is 18.0 Å². The average Bonchev–Trinajstić information content (AvgIpc) is 3.50. The van der Waals surface area contributed by atoms with E-state index in [-0.39, 0.29) is 11.6 Å². The number of nitrogens with zero attached hydrogens (tertiary/aromatic N) is 4. The number of oxazole rings is 1. The van der Waals surface area contributed by atoms with E-state index in [1.807, 2.05) is 103 Å². The molecule has 6 nitrogen and oxygen atoms in total. The molecular weight excluding hydrogens is 565 g/mol. The Morgan fingerprint density at radius 3 is 2.09 bits per heavy atom. The smallest absolute Gasteiger partial charge is 0.416 e. The molecule has 0 unspecified atom stereocenters. The summed E-state index contributed by atoms with van der Waals surface area (Å²) in [7, 11) is 3.91. The Labute approximate surface area is 254 Å². The van der Waals surface area contributed by atoms with Crippen LogP contribution in [0.5, 0.6) is 0 Å². The number of benzene rings is 4. The summed E-state index contributed by atoms with van der Waals surface area (Å²) in [6.45, 7) is 1.44. The molecule has 0 bridgehead atoms. The Balaban J connectivity index is 1.32. The fourth-order valence-electron chi connectivity index (χ4n) is 5.42. The molecule has 1 saturated heterocycles. The van der Waals surface area contributed by atoms with Crippen molar-refractivity contribution in [1.82, 2.24) is 9.88 Å². The van der Waals surface area contributed by atoms with Crippen LogP contribution < -0.4 is 9.80 Å². The number of rotatable bonds is 6. The van der Waals surface area contributed by atoms with E-state index in [4.69, 9.17) is 9.40 Å². The van der Waals surface area contributed by atoms with Crippen LogP contribution in [0.3, 0.4) is 0 Å². The molecule has 0 aliphatic carbocycles. The van der Waals surface area contributed by atoms with Crippen molar-refractivity contribution in [2.75, 3.05) is 50.1 Å². The quantitative estimate of drug-likeness (QED) is 0.201. The molecular formula is C35H31F3N4O2. The first-order valence-electron chi connectivity index (χ1n) is 14.3. The summed E-state index contributed by atoms with van der Waals surface area (Å²) in [6, 6.07) is 30.7. The minimum absolute atomic E-state index is 0.202. The van der Waals surface area contributed by atoms with Gasteiger partial charge in [-0.2, -0.15) is 13.2 Å². The van der Waals surface area contributed by atoms with E-state index in [0.29, 0.717) is 43.5 Å². The first kappa shape index (κ1) is 29.0. The molecule has 2 heterocycles. The van der Waals surface area contributed by atoms with Crippen molar-refractivity contribution in [2.45, 2.75) is 6.18 Å². The number of anilines is 2. The number of piperazine rings is 1. The maximum absolute atomic E-state index is 14.0. The highest BCUT2D eigenvalue weighted by atomic mass is 19.4. The summed E-state index contributed by atoms with van der Waals surface area (Å²) >= 11 is 0. The fraction of sp³-hybridized carbons (Fsp3) is 0.200. The summed E-state index contributed by atoms with van der Waals surface area (Å²) in [5.74, 6) is 0.424. The predicted octanol–water partition coefficient (Wildman–Crippen LogP) is 7.72. The van der Waals surface area contributed by atoms with Gasteiger partial charge in [-0.15, -0.1) is 0 Å². The largest absolute Gasteiger partial charge is 0.435 e. The van der Waals surface area contributed by atoms with Gasteiger partial charge in [-0.3, -0.25) is 4.79 Å². The van der Waals surface area contributed by atoms with E-state index in [0.717, 1.165) is 40.1 Å². The number of aromatic nitrogens is 1. The minimum atomic E-state index is -4.42. The summed E-state index contributed by atoms with van der Waals surface area (Å²) in [4.78, 5) is 24.3. The summed E-state index contributed by atoms with van der Waals surface area (Å²) in [5.41, 5.74) is 4.40. The van der Waals surface area contributed by atoms with Gasteiger partial charge in [-0.05, 0) is 59.7 Å². The number of halogens is 3. The molecule has 1 aliphatic rings. The number of hydrogen-bond acceptors (Lipinski definition) is 5. The molecule has 0 spiro atoms. The summed E-state index contributed by atoms with van der Waals surface area (Å²) in [5, 5.41) is 0. The second kappa shape index (κ2) is 11.9. The zero-order chi connectivity index (χ0) is 30.8. The number of alkyl halides is 3. The van der Waals surface area contributed by atoms with Crippen LogP contribution in [0.15, 0.2) is 108 Å². The zero-order valence-corrected chi connectivity index (χ0v) is 24.4. The van der Waals surface area contributed by atoms with Gasteiger partial charge in [0.25, 0.3) is 5.91 Å². The highest BCUT2D eigenvalue weighted by Gasteiger charge is 2.32. The Hall–Kier alpha value is -5.05. The third kappa shape index (κ3) is 5.90. The van der Waals surface area contributed by atoms with Gasteiger partial charge in [-0.25, -0.2) is 4.98 Å². The van der Waals surface area contributed by atoms with Crippen LogP contribution in [-0.4, -0.2) is 56.1 Å². The molecule has 1 aliphatic heterocycles. The normalized spacial score (nSPS) is 13.7. The summed E-state index contributed by atoms with van der Waals surface area (Å²) in [6.07, 6.45) is -4.42. The van der Waals surface area contributed by atoms with Gasteiger partial charge in [0.15, 0.2) is 11.5 Å². The molecule has 4 aromatic carbocycles. The van der Waals surface area contributed by atoms with Crippen LogP contribution in [0.25, 0.3) is 33.9 Å². The van der Waals surface area contributed by atoms with Crippen molar-refractivity contribution in [1.29, 1.82) is 0 Å². The van der Waals surface area contributed by atoms with Crippen LogP contribution in [0, 0.1) is 0 Å².